The highest BCUT2D eigenvalue weighted by Crippen LogP contribution is 2.15. The van der Waals surface area contributed by atoms with Crippen molar-refractivity contribution in [1.29, 1.82) is 0 Å². The first-order chi connectivity index (χ1) is 7.97. The van der Waals surface area contributed by atoms with Crippen LogP contribution in [0, 0.1) is 11.3 Å². The second-order valence-corrected chi connectivity index (χ2v) is 6.77. The molecule has 0 unspecified atom stereocenters. The fraction of sp³-hybridized carbons (Fsp3) is 0.857. The van der Waals surface area contributed by atoms with Crippen molar-refractivity contribution >= 4 is 11.8 Å². The fourth-order valence-corrected chi connectivity index (χ4v) is 1.22. The molecule has 0 aromatic rings. The fourth-order valence-electron chi connectivity index (χ4n) is 1.22. The number of nitrogens with one attached hydrogen (secondary N) is 2. The number of hydrogen-bond acceptors (Lipinski definition) is 2. The molecule has 0 bridgehead atoms. The van der Waals surface area contributed by atoms with Gasteiger partial charge in [0.2, 0.25) is 11.8 Å². The Morgan fingerprint density at radius 1 is 1.00 bits per heavy atom. The number of carbonyl (C=O) groups is 2. The van der Waals surface area contributed by atoms with Gasteiger partial charge in [0.05, 0.1) is 0 Å². The number of carbonyl (C=O) groups excluding carboxylic acids is 2. The molecule has 0 spiro atoms. The molecule has 4 nitrogen and oxygen atoms in total. The minimum Gasteiger partial charge on any atom is -0.354 e. The van der Waals surface area contributed by atoms with Gasteiger partial charge in [-0.05, 0) is 26.2 Å². The third kappa shape index (κ3) is 6.03. The van der Waals surface area contributed by atoms with E-state index in [0.29, 0.717) is 12.5 Å². The standard InChI is InChI=1S/C14H28N2O2/c1-10(2)8-9-15-12(18)14(6,7)16-11(17)13(3,4)5/h10H,8-9H2,1-7H3,(H,15,18)(H,16,17). The Morgan fingerprint density at radius 2 is 1.50 bits per heavy atom. The molecule has 106 valence electrons. The van der Waals surface area contributed by atoms with E-state index in [-0.39, 0.29) is 11.8 Å². The van der Waals surface area contributed by atoms with Crippen LogP contribution in [-0.2, 0) is 9.59 Å². The molecule has 0 aliphatic carbocycles. The van der Waals surface area contributed by atoms with Crippen molar-refractivity contribution in [2.45, 2.75) is 60.4 Å². The Labute approximate surface area is 111 Å². The Balaban J connectivity index is 4.36. The van der Waals surface area contributed by atoms with Crippen molar-refractivity contribution in [3.05, 3.63) is 0 Å². The monoisotopic (exact) mass is 256 g/mol. The van der Waals surface area contributed by atoms with Gasteiger partial charge in [0.25, 0.3) is 0 Å². The van der Waals surface area contributed by atoms with Gasteiger partial charge in [-0.2, -0.15) is 0 Å². The van der Waals surface area contributed by atoms with Gasteiger partial charge in [-0.1, -0.05) is 34.6 Å². The van der Waals surface area contributed by atoms with Gasteiger partial charge in [0.1, 0.15) is 5.54 Å². The van der Waals surface area contributed by atoms with E-state index in [0.717, 1.165) is 6.42 Å². The molecule has 0 aliphatic rings. The maximum Gasteiger partial charge on any atom is 0.245 e. The van der Waals surface area contributed by atoms with Crippen LogP contribution in [0.5, 0.6) is 0 Å². The molecule has 0 aromatic carbocycles. The largest absolute Gasteiger partial charge is 0.354 e. The summed E-state index contributed by atoms with van der Waals surface area (Å²) >= 11 is 0. The molecule has 0 aromatic heterocycles. The molecule has 0 saturated carbocycles. The molecule has 18 heavy (non-hydrogen) atoms. The molecule has 0 atom stereocenters. The summed E-state index contributed by atoms with van der Waals surface area (Å²) in [5.74, 6) is 0.296. The Kier molecular flexibility index (Phi) is 5.84. The summed E-state index contributed by atoms with van der Waals surface area (Å²) in [5, 5.41) is 5.64. The van der Waals surface area contributed by atoms with Gasteiger partial charge in [0, 0.05) is 12.0 Å². The highest BCUT2D eigenvalue weighted by atomic mass is 16.2. The van der Waals surface area contributed by atoms with Crippen LogP contribution in [0.15, 0.2) is 0 Å². The van der Waals surface area contributed by atoms with Crippen LogP contribution in [0.2, 0.25) is 0 Å². The predicted molar refractivity (Wildman–Crippen MR) is 74.1 cm³/mol. The van der Waals surface area contributed by atoms with Crippen molar-refractivity contribution in [1.82, 2.24) is 10.6 Å². The summed E-state index contributed by atoms with van der Waals surface area (Å²) in [5.41, 5.74) is -1.36. The smallest absolute Gasteiger partial charge is 0.245 e. The zero-order valence-corrected chi connectivity index (χ0v) is 12.8. The van der Waals surface area contributed by atoms with Gasteiger partial charge >= 0.3 is 0 Å². The van der Waals surface area contributed by atoms with E-state index in [1.165, 1.54) is 0 Å². The summed E-state index contributed by atoms with van der Waals surface area (Å²) in [6, 6.07) is 0. The van der Waals surface area contributed by atoms with E-state index in [1.807, 2.05) is 20.8 Å². The van der Waals surface area contributed by atoms with E-state index in [2.05, 4.69) is 24.5 Å². The Bertz CT molecular complexity index is 301. The maximum atomic E-state index is 12.0. The van der Waals surface area contributed by atoms with Gasteiger partial charge < -0.3 is 10.6 Å². The van der Waals surface area contributed by atoms with E-state index < -0.39 is 11.0 Å². The van der Waals surface area contributed by atoms with Gasteiger partial charge in [0.15, 0.2) is 0 Å². The van der Waals surface area contributed by atoms with Crippen molar-refractivity contribution in [3.63, 3.8) is 0 Å². The number of rotatable bonds is 5. The van der Waals surface area contributed by atoms with Crippen LogP contribution in [0.1, 0.15) is 54.9 Å². The van der Waals surface area contributed by atoms with Crippen molar-refractivity contribution in [2.24, 2.45) is 11.3 Å². The second-order valence-electron chi connectivity index (χ2n) is 6.77. The average molecular weight is 256 g/mol. The average Bonchev–Trinajstić information content (AvgIpc) is 2.14. The first-order valence-electron chi connectivity index (χ1n) is 6.57. The van der Waals surface area contributed by atoms with Gasteiger partial charge in [-0.15, -0.1) is 0 Å². The third-order valence-corrected chi connectivity index (χ3v) is 2.68. The Hall–Kier alpha value is -1.06. The topological polar surface area (TPSA) is 58.2 Å². The molecule has 0 saturated heterocycles. The summed E-state index contributed by atoms with van der Waals surface area (Å²) < 4.78 is 0. The highest BCUT2D eigenvalue weighted by molar-refractivity contribution is 5.92. The summed E-state index contributed by atoms with van der Waals surface area (Å²) in [6.45, 7) is 13.8. The summed E-state index contributed by atoms with van der Waals surface area (Å²) in [7, 11) is 0. The SMILES string of the molecule is CC(C)CCNC(=O)C(C)(C)NC(=O)C(C)(C)C. The lowest BCUT2D eigenvalue weighted by atomic mass is 9.93. The molecule has 2 N–H and O–H groups in total. The van der Waals surface area contributed by atoms with Crippen LogP contribution in [0.25, 0.3) is 0 Å². The van der Waals surface area contributed by atoms with Crippen LogP contribution in [-0.4, -0.2) is 23.9 Å². The number of amides is 2. The van der Waals surface area contributed by atoms with Crippen LogP contribution < -0.4 is 10.6 Å². The number of hydrogen-bond donors (Lipinski definition) is 2. The predicted octanol–water partition coefficient (Wildman–Crippen LogP) is 2.09. The zero-order valence-electron chi connectivity index (χ0n) is 12.8. The first kappa shape index (κ1) is 16.9. The van der Waals surface area contributed by atoms with Gasteiger partial charge in [-0.25, -0.2) is 0 Å². The maximum absolute atomic E-state index is 12.0. The van der Waals surface area contributed by atoms with Crippen LogP contribution in [0.3, 0.4) is 0 Å². The summed E-state index contributed by atoms with van der Waals surface area (Å²) in [4.78, 5) is 23.9. The lowest BCUT2D eigenvalue weighted by Crippen LogP contribution is -2.57. The van der Waals surface area contributed by atoms with Crippen molar-refractivity contribution in [2.75, 3.05) is 6.54 Å². The highest BCUT2D eigenvalue weighted by Gasteiger charge is 2.33. The van der Waals surface area contributed by atoms with E-state index in [4.69, 9.17) is 0 Å². The zero-order chi connectivity index (χ0) is 14.6. The quantitative estimate of drug-likeness (QED) is 0.791. The second kappa shape index (κ2) is 6.21. The molecule has 0 rings (SSSR count). The van der Waals surface area contributed by atoms with E-state index >= 15 is 0 Å². The lowest BCUT2D eigenvalue weighted by Gasteiger charge is -2.29. The molecular formula is C14H28N2O2. The van der Waals surface area contributed by atoms with E-state index in [1.54, 1.807) is 13.8 Å². The summed E-state index contributed by atoms with van der Waals surface area (Å²) in [6.07, 6.45) is 0.940. The molecule has 0 aliphatic heterocycles. The van der Waals surface area contributed by atoms with E-state index in [9.17, 15) is 9.59 Å². The minimum atomic E-state index is -0.874. The normalized spacial score (nSPS) is 12.4. The van der Waals surface area contributed by atoms with Crippen molar-refractivity contribution in [3.8, 4) is 0 Å². The molecule has 4 heteroatoms. The van der Waals surface area contributed by atoms with Crippen LogP contribution >= 0.6 is 0 Å². The van der Waals surface area contributed by atoms with Crippen molar-refractivity contribution < 1.29 is 9.59 Å². The Morgan fingerprint density at radius 3 is 1.89 bits per heavy atom. The molecule has 0 heterocycles. The van der Waals surface area contributed by atoms with Gasteiger partial charge in [-0.3, -0.25) is 9.59 Å². The first-order valence-corrected chi connectivity index (χ1v) is 6.57. The third-order valence-electron chi connectivity index (χ3n) is 2.68. The lowest BCUT2D eigenvalue weighted by molar-refractivity contribution is -0.136. The molecule has 0 fully saturated rings. The molecular weight excluding hydrogens is 228 g/mol. The van der Waals surface area contributed by atoms with Crippen LogP contribution in [0.4, 0.5) is 0 Å². The molecule has 0 radical (unpaired) electrons. The minimum absolute atomic E-state index is 0.119. The molecule has 2 amide bonds.